The number of nitrogens with one attached hydrogen (secondary N) is 2. The van der Waals surface area contributed by atoms with Crippen LogP contribution in [0.2, 0.25) is 5.02 Å². The van der Waals surface area contributed by atoms with Gasteiger partial charge in [0.1, 0.15) is 5.82 Å². The number of fused-ring (bicyclic) bond motifs is 1. The number of benzene rings is 3. The van der Waals surface area contributed by atoms with E-state index in [0.29, 0.717) is 10.8 Å². The number of carbonyl (C=O) groups excluding carboxylic acids is 1. The maximum atomic E-state index is 12.2. The lowest BCUT2D eigenvalue weighted by Gasteiger charge is -2.06. The average molecular weight is 422 g/mol. The van der Waals surface area contributed by atoms with E-state index in [4.69, 9.17) is 11.6 Å². The number of aromatic amines is 1. The summed E-state index contributed by atoms with van der Waals surface area (Å²) in [6.45, 7) is 2.06. The Balaban J connectivity index is 1.34. The Kier molecular flexibility index (Phi) is 5.88. The Morgan fingerprint density at radius 1 is 1.10 bits per heavy atom. The van der Waals surface area contributed by atoms with Crippen molar-refractivity contribution in [2.75, 3.05) is 11.1 Å². The highest BCUT2D eigenvalue weighted by Crippen LogP contribution is 2.23. The van der Waals surface area contributed by atoms with Crippen molar-refractivity contribution in [2.24, 2.45) is 0 Å². The van der Waals surface area contributed by atoms with E-state index >= 15 is 0 Å². The molecule has 1 aromatic heterocycles. The molecule has 0 fully saturated rings. The Hall–Kier alpha value is -2.76. The molecule has 4 aromatic rings. The molecule has 0 bridgehead atoms. The summed E-state index contributed by atoms with van der Waals surface area (Å²) in [5.74, 6) is 1.93. The van der Waals surface area contributed by atoms with Crippen LogP contribution in [0.5, 0.6) is 0 Å². The van der Waals surface area contributed by atoms with Crippen molar-refractivity contribution in [3.05, 3.63) is 82.9 Å². The Labute approximate surface area is 178 Å². The molecule has 0 saturated carbocycles. The molecule has 6 heteroatoms. The van der Waals surface area contributed by atoms with E-state index in [9.17, 15) is 4.79 Å². The van der Waals surface area contributed by atoms with Crippen molar-refractivity contribution < 1.29 is 4.79 Å². The Bertz CT molecular complexity index is 1150. The van der Waals surface area contributed by atoms with Crippen LogP contribution < -0.4 is 5.32 Å². The first kappa shape index (κ1) is 19.6. The number of aryl methyl sites for hydroxylation is 1. The summed E-state index contributed by atoms with van der Waals surface area (Å²) in [5.41, 5.74) is 6.02. The predicted molar refractivity (Wildman–Crippen MR) is 123 cm³/mol. The number of H-pyrrole nitrogens is 1. The number of hydrogen-bond donors (Lipinski definition) is 2. The van der Waals surface area contributed by atoms with Crippen LogP contribution in [-0.4, -0.2) is 21.6 Å². The Morgan fingerprint density at radius 2 is 1.93 bits per heavy atom. The number of thioether (sulfide) groups is 1. The molecule has 0 aliphatic carbocycles. The first-order valence-corrected chi connectivity index (χ1v) is 10.8. The van der Waals surface area contributed by atoms with E-state index in [1.54, 1.807) is 11.8 Å². The molecule has 4 rings (SSSR count). The number of imidazole rings is 1. The minimum absolute atomic E-state index is 0.0241. The van der Waals surface area contributed by atoms with Gasteiger partial charge in [0, 0.05) is 22.0 Å². The molecule has 0 atom stereocenters. The molecule has 0 saturated heterocycles. The minimum Gasteiger partial charge on any atom is -0.338 e. The molecule has 3 aromatic carbocycles. The van der Waals surface area contributed by atoms with Crippen LogP contribution in [0.3, 0.4) is 0 Å². The summed E-state index contributed by atoms with van der Waals surface area (Å²) in [6, 6.07) is 21.6. The van der Waals surface area contributed by atoms with Crippen LogP contribution in [-0.2, 0) is 10.5 Å². The van der Waals surface area contributed by atoms with Gasteiger partial charge in [0.25, 0.3) is 0 Å². The molecule has 0 unspecified atom stereocenters. The maximum absolute atomic E-state index is 12.2. The van der Waals surface area contributed by atoms with Gasteiger partial charge in [0.2, 0.25) is 5.91 Å². The minimum atomic E-state index is -0.0241. The zero-order chi connectivity index (χ0) is 20.2. The monoisotopic (exact) mass is 421 g/mol. The second-order valence-electron chi connectivity index (χ2n) is 6.85. The maximum Gasteiger partial charge on any atom is 0.234 e. The van der Waals surface area contributed by atoms with Gasteiger partial charge in [0.05, 0.1) is 16.8 Å². The zero-order valence-electron chi connectivity index (χ0n) is 15.9. The number of hydrogen-bond acceptors (Lipinski definition) is 3. The third kappa shape index (κ3) is 5.00. The second-order valence-corrected chi connectivity index (χ2v) is 8.28. The van der Waals surface area contributed by atoms with Gasteiger partial charge in [0.15, 0.2) is 0 Å². The topological polar surface area (TPSA) is 57.8 Å². The van der Waals surface area contributed by atoms with Gasteiger partial charge in [-0.25, -0.2) is 4.98 Å². The lowest BCUT2D eigenvalue weighted by molar-refractivity contribution is -0.113. The van der Waals surface area contributed by atoms with Crippen LogP contribution in [0.1, 0.15) is 11.1 Å². The summed E-state index contributed by atoms with van der Waals surface area (Å²) in [6.07, 6.45) is 0. The number of nitrogens with zero attached hydrogens (tertiary/aromatic N) is 1. The van der Waals surface area contributed by atoms with E-state index in [0.717, 1.165) is 39.4 Å². The van der Waals surface area contributed by atoms with Crippen molar-refractivity contribution in [2.45, 2.75) is 12.7 Å². The fraction of sp³-hybridized carbons (Fsp3) is 0.130. The van der Waals surface area contributed by atoms with Gasteiger partial charge in [-0.3, -0.25) is 4.79 Å². The smallest absolute Gasteiger partial charge is 0.234 e. The fourth-order valence-corrected chi connectivity index (χ4v) is 4.04. The molecule has 4 nitrogen and oxygen atoms in total. The summed E-state index contributed by atoms with van der Waals surface area (Å²) in [5, 5.41) is 3.65. The highest BCUT2D eigenvalue weighted by molar-refractivity contribution is 7.99. The molecule has 0 radical (unpaired) electrons. The van der Waals surface area contributed by atoms with E-state index in [2.05, 4.69) is 34.3 Å². The molecular formula is C23H20ClN3OS. The summed E-state index contributed by atoms with van der Waals surface area (Å²) in [4.78, 5) is 20.2. The summed E-state index contributed by atoms with van der Waals surface area (Å²) < 4.78 is 0. The molecule has 29 heavy (non-hydrogen) atoms. The first-order valence-electron chi connectivity index (χ1n) is 9.26. The SMILES string of the molecule is Cc1ccc2nc(-c3ccc(NC(=O)CSCc4cccc(Cl)c4)cc3)[nH]c2c1. The van der Waals surface area contributed by atoms with E-state index < -0.39 is 0 Å². The molecule has 1 heterocycles. The van der Waals surface area contributed by atoms with Crippen LogP contribution in [0, 0.1) is 6.92 Å². The quantitative estimate of drug-likeness (QED) is 0.397. The Morgan fingerprint density at radius 3 is 2.72 bits per heavy atom. The third-order valence-corrected chi connectivity index (χ3v) is 5.71. The average Bonchev–Trinajstić information content (AvgIpc) is 3.12. The number of halogens is 1. The fourth-order valence-electron chi connectivity index (χ4n) is 3.06. The standard InChI is InChI=1S/C23H20ClN3OS/c1-15-5-10-20-21(11-15)27-23(26-20)17-6-8-19(9-7-17)25-22(28)14-29-13-16-3-2-4-18(24)12-16/h2-12H,13-14H2,1H3,(H,25,28)(H,26,27). The van der Waals surface area contributed by atoms with Gasteiger partial charge >= 0.3 is 0 Å². The van der Waals surface area contributed by atoms with Crippen molar-refractivity contribution in [3.8, 4) is 11.4 Å². The van der Waals surface area contributed by atoms with Crippen LogP contribution >= 0.6 is 23.4 Å². The van der Waals surface area contributed by atoms with Gasteiger partial charge in [-0.2, -0.15) is 0 Å². The lowest BCUT2D eigenvalue weighted by Crippen LogP contribution is -2.14. The second kappa shape index (κ2) is 8.72. The van der Waals surface area contributed by atoms with Gasteiger partial charge in [-0.1, -0.05) is 29.8 Å². The van der Waals surface area contributed by atoms with Crippen molar-refractivity contribution in [1.29, 1.82) is 0 Å². The van der Waals surface area contributed by atoms with Crippen molar-refractivity contribution in [3.63, 3.8) is 0 Å². The molecule has 146 valence electrons. The third-order valence-electron chi connectivity index (χ3n) is 4.47. The van der Waals surface area contributed by atoms with Crippen LogP contribution in [0.25, 0.3) is 22.4 Å². The van der Waals surface area contributed by atoms with Gasteiger partial charge in [-0.15, -0.1) is 11.8 Å². The molecular weight excluding hydrogens is 402 g/mol. The lowest BCUT2D eigenvalue weighted by atomic mass is 10.2. The predicted octanol–water partition coefficient (Wildman–Crippen LogP) is 6.06. The van der Waals surface area contributed by atoms with E-state index in [1.807, 2.05) is 54.6 Å². The molecule has 0 aliphatic heterocycles. The van der Waals surface area contributed by atoms with Gasteiger partial charge in [-0.05, 0) is 66.6 Å². The molecule has 1 amide bonds. The molecule has 0 spiro atoms. The van der Waals surface area contributed by atoms with Crippen LogP contribution in [0.15, 0.2) is 66.7 Å². The van der Waals surface area contributed by atoms with Crippen molar-refractivity contribution in [1.82, 2.24) is 9.97 Å². The van der Waals surface area contributed by atoms with Crippen LogP contribution in [0.4, 0.5) is 5.69 Å². The summed E-state index contributed by atoms with van der Waals surface area (Å²) >= 11 is 7.55. The number of rotatable bonds is 6. The highest BCUT2D eigenvalue weighted by atomic mass is 35.5. The number of amides is 1. The van der Waals surface area contributed by atoms with E-state index in [-0.39, 0.29) is 5.91 Å². The number of anilines is 1. The van der Waals surface area contributed by atoms with Crippen molar-refractivity contribution >= 4 is 46.0 Å². The first-order chi connectivity index (χ1) is 14.1. The van der Waals surface area contributed by atoms with Gasteiger partial charge < -0.3 is 10.3 Å². The highest BCUT2D eigenvalue weighted by Gasteiger charge is 2.07. The zero-order valence-corrected chi connectivity index (χ0v) is 17.5. The number of carbonyl (C=O) groups is 1. The molecule has 2 N–H and O–H groups in total. The van der Waals surface area contributed by atoms with E-state index in [1.165, 1.54) is 5.56 Å². The molecule has 0 aliphatic rings. The largest absolute Gasteiger partial charge is 0.338 e. The normalized spacial score (nSPS) is 11.0. The number of aromatic nitrogens is 2. The summed E-state index contributed by atoms with van der Waals surface area (Å²) in [7, 11) is 0.